The van der Waals surface area contributed by atoms with E-state index in [0.717, 1.165) is 24.7 Å². The molecule has 2 aliphatic rings. The van der Waals surface area contributed by atoms with E-state index in [-0.39, 0.29) is 11.9 Å². The lowest BCUT2D eigenvalue weighted by atomic mass is 9.84. The van der Waals surface area contributed by atoms with Gasteiger partial charge in [-0.2, -0.15) is 5.10 Å². The standard InChI is InChI=1S/C20H27N5O3/c26-20(19-13-27-9-7-24(19)12-16-3-1-4-16)23-17-5-2-6-18(11-17)28-10-8-25-15-21-14-22-25/h2,5-6,11,14-16,19H,1,3-4,7-10,12-13H2,(H,23,26). The summed E-state index contributed by atoms with van der Waals surface area (Å²) in [5.74, 6) is 1.43. The Morgan fingerprint density at radius 1 is 1.36 bits per heavy atom. The second kappa shape index (κ2) is 9.16. The number of nitrogens with one attached hydrogen (secondary N) is 1. The fraction of sp³-hybridized carbons (Fsp3) is 0.550. The van der Waals surface area contributed by atoms with Crippen LogP contribution in [-0.2, 0) is 16.1 Å². The third-order valence-electron chi connectivity index (χ3n) is 5.42. The lowest BCUT2D eigenvalue weighted by Gasteiger charge is -2.39. The largest absolute Gasteiger partial charge is 0.492 e. The van der Waals surface area contributed by atoms with Crippen LogP contribution < -0.4 is 10.1 Å². The zero-order valence-electron chi connectivity index (χ0n) is 16.0. The Bertz CT molecular complexity index is 763. The molecule has 1 saturated carbocycles. The Morgan fingerprint density at radius 2 is 2.29 bits per heavy atom. The van der Waals surface area contributed by atoms with Crippen molar-refractivity contribution >= 4 is 11.6 Å². The average molecular weight is 385 g/mol. The number of anilines is 1. The van der Waals surface area contributed by atoms with Gasteiger partial charge in [-0.05, 0) is 30.9 Å². The molecule has 1 atom stereocenters. The highest BCUT2D eigenvalue weighted by Gasteiger charge is 2.32. The quantitative estimate of drug-likeness (QED) is 0.746. The van der Waals surface area contributed by atoms with Crippen LogP contribution in [0.5, 0.6) is 5.75 Å². The second-order valence-electron chi connectivity index (χ2n) is 7.41. The summed E-state index contributed by atoms with van der Waals surface area (Å²) < 4.78 is 13.1. The van der Waals surface area contributed by atoms with Crippen molar-refractivity contribution in [2.24, 2.45) is 5.92 Å². The van der Waals surface area contributed by atoms with Crippen molar-refractivity contribution < 1.29 is 14.3 Å². The van der Waals surface area contributed by atoms with E-state index in [4.69, 9.17) is 9.47 Å². The number of morpholine rings is 1. The van der Waals surface area contributed by atoms with E-state index >= 15 is 0 Å². The smallest absolute Gasteiger partial charge is 0.244 e. The van der Waals surface area contributed by atoms with Gasteiger partial charge in [0.2, 0.25) is 5.91 Å². The number of carbonyl (C=O) groups is 1. The first-order valence-corrected chi connectivity index (χ1v) is 9.96. The van der Waals surface area contributed by atoms with Crippen molar-refractivity contribution in [2.45, 2.75) is 31.8 Å². The van der Waals surface area contributed by atoms with Gasteiger partial charge >= 0.3 is 0 Å². The van der Waals surface area contributed by atoms with E-state index in [1.807, 2.05) is 24.3 Å². The Morgan fingerprint density at radius 3 is 3.07 bits per heavy atom. The molecule has 2 heterocycles. The molecule has 1 N–H and O–H groups in total. The van der Waals surface area contributed by atoms with Gasteiger partial charge in [0.05, 0.1) is 19.8 Å². The number of hydrogen-bond donors (Lipinski definition) is 1. The van der Waals surface area contributed by atoms with Crippen LogP contribution in [0.25, 0.3) is 0 Å². The minimum atomic E-state index is -0.230. The monoisotopic (exact) mass is 385 g/mol. The van der Waals surface area contributed by atoms with Crippen LogP contribution in [-0.4, -0.2) is 64.5 Å². The summed E-state index contributed by atoms with van der Waals surface area (Å²) >= 11 is 0. The highest BCUT2D eigenvalue weighted by molar-refractivity contribution is 5.95. The van der Waals surface area contributed by atoms with Crippen LogP contribution in [0.15, 0.2) is 36.9 Å². The Labute approximate surface area is 164 Å². The van der Waals surface area contributed by atoms with Gasteiger partial charge in [0.1, 0.15) is 31.1 Å². The fourth-order valence-electron chi connectivity index (χ4n) is 3.60. The maximum absolute atomic E-state index is 12.9. The highest BCUT2D eigenvalue weighted by atomic mass is 16.5. The first kappa shape index (κ1) is 18.9. The molecule has 1 saturated heterocycles. The summed E-state index contributed by atoms with van der Waals surface area (Å²) in [4.78, 5) is 19.0. The molecule has 1 aromatic carbocycles. The molecule has 2 aromatic rings. The molecule has 1 aliphatic carbocycles. The lowest BCUT2D eigenvalue weighted by Crippen LogP contribution is -2.53. The van der Waals surface area contributed by atoms with Crippen LogP contribution >= 0.6 is 0 Å². The van der Waals surface area contributed by atoms with E-state index in [1.165, 1.54) is 25.6 Å². The normalized spacial score (nSPS) is 20.5. The molecular formula is C20H27N5O3. The van der Waals surface area contributed by atoms with Crippen molar-refractivity contribution in [1.29, 1.82) is 0 Å². The van der Waals surface area contributed by atoms with Gasteiger partial charge < -0.3 is 14.8 Å². The van der Waals surface area contributed by atoms with Gasteiger partial charge in [-0.15, -0.1) is 0 Å². The maximum Gasteiger partial charge on any atom is 0.244 e. The summed E-state index contributed by atoms with van der Waals surface area (Å²) in [5.41, 5.74) is 0.734. The third-order valence-corrected chi connectivity index (χ3v) is 5.42. The van der Waals surface area contributed by atoms with Gasteiger partial charge in [-0.3, -0.25) is 9.69 Å². The highest BCUT2D eigenvalue weighted by Crippen LogP contribution is 2.28. The van der Waals surface area contributed by atoms with Gasteiger partial charge in [0.25, 0.3) is 0 Å². The molecular weight excluding hydrogens is 358 g/mol. The van der Waals surface area contributed by atoms with E-state index in [0.29, 0.717) is 32.1 Å². The number of hydrogen-bond acceptors (Lipinski definition) is 6. The Kier molecular flexibility index (Phi) is 6.18. The lowest BCUT2D eigenvalue weighted by molar-refractivity contribution is -0.128. The molecule has 4 rings (SSSR count). The van der Waals surface area contributed by atoms with Crippen molar-refractivity contribution in [3.05, 3.63) is 36.9 Å². The minimum absolute atomic E-state index is 0.0150. The number of aromatic nitrogens is 3. The van der Waals surface area contributed by atoms with Crippen molar-refractivity contribution in [3.8, 4) is 5.75 Å². The summed E-state index contributed by atoms with van der Waals surface area (Å²) in [6.45, 7) is 4.06. The van der Waals surface area contributed by atoms with Crippen molar-refractivity contribution in [2.75, 3.05) is 38.2 Å². The predicted molar refractivity (Wildman–Crippen MR) is 104 cm³/mol. The van der Waals surface area contributed by atoms with Crippen LogP contribution in [0.1, 0.15) is 19.3 Å². The number of nitrogens with zero attached hydrogens (tertiary/aromatic N) is 4. The molecule has 8 nitrogen and oxygen atoms in total. The molecule has 1 amide bonds. The predicted octanol–water partition coefficient (Wildman–Crippen LogP) is 1.80. The van der Waals surface area contributed by atoms with Crippen LogP contribution in [0.2, 0.25) is 0 Å². The number of ether oxygens (including phenoxy) is 2. The molecule has 28 heavy (non-hydrogen) atoms. The zero-order chi connectivity index (χ0) is 19.2. The van der Waals surface area contributed by atoms with E-state index in [1.54, 1.807) is 11.0 Å². The Balaban J connectivity index is 1.31. The molecule has 1 aromatic heterocycles. The zero-order valence-corrected chi connectivity index (χ0v) is 16.0. The molecule has 8 heteroatoms. The van der Waals surface area contributed by atoms with E-state index < -0.39 is 0 Å². The first-order chi connectivity index (χ1) is 13.8. The minimum Gasteiger partial charge on any atom is -0.492 e. The maximum atomic E-state index is 12.9. The molecule has 0 spiro atoms. The summed E-state index contributed by atoms with van der Waals surface area (Å²) in [6, 6.07) is 7.25. The first-order valence-electron chi connectivity index (χ1n) is 9.96. The third kappa shape index (κ3) is 4.88. The van der Waals surface area contributed by atoms with Crippen LogP contribution in [0, 0.1) is 5.92 Å². The Hall–Kier alpha value is -2.45. The molecule has 0 radical (unpaired) electrons. The van der Waals surface area contributed by atoms with E-state index in [2.05, 4.69) is 20.3 Å². The number of rotatable bonds is 8. The number of carbonyl (C=O) groups excluding carboxylic acids is 1. The molecule has 1 aliphatic heterocycles. The van der Waals surface area contributed by atoms with Crippen molar-refractivity contribution in [3.63, 3.8) is 0 Å². The van der Waals surface area contributed by atoms with E-state index in [9.17, 15) is 4.79 Å². The van der Waals surface area contributed by atoms with Crippen LogP contribution in [0.3, 0.4) is 0 Å². The van der Waals surface area contributed by atoms with Gasteiger partial charge in [0, 0.05) is 24.8 Å². The summed E-state index contributed by atoms with van der Waals surface area (Å²) in [5, 5.41) is 7.07. The molecule has 150 valence electrons. The van der Waals surface area contributed by atoms with Crippen LogP contribution in [0.4, 0.5) is 5.69 Å². The number of amides is 1. The summed E-state index contributed by atoms with van der Waals surface area (Å²) in [7, 11) is 0. The van der Waals surface area contributed by atoms with Gasteiger partial charge in [-0.25, -0.2) is 9.67 Å². The fourth-order valence-corrected chi connectivity index (χ4v) is 3.60. The van der Waals surface area contributed by atoms with Gasteiger partial charge in [0.15, 0.2) is 0 Å². The SMILES string of the molecule is O=C(Nc1cccc(OCCn2cncn2)c1)C1COCCN1CC1CCC1. The molecule has 2 fully saturated rings. The topological polar surface area (TPSA) is 81.5 Å². The molecule has 1 unspecified atom stereocenters. The summed E-state index contributed by atoms with van der Waals surface area (Å²) in [6.07, 6.45) is 7.02. The van der Waals surface area contributed by atoms with Crippen molar-refractivity contribution in [1.82, 2.24) is 19.7 Å². The van der Waals surface area contributed by atoms with Gasteiger partial charge in [-0.1, -0.05) is 12.5 Å². The average Bonchev–Trinajstić information content (AvgIpc) is 3.19. The number of benzene rings is 1. The molecule has 0 bridgehead atoms. The second-order valence-corrected chi connectivity index (χ2v) is 7.41.